The predicted octanol–water partition coefficient (Wildman–Crippen LogP) is 5.22. The van der Waals surface area contributed by atoms with Gasteiger partial charge < -0.3 is 9.15 Å². The van der Waals surface area contributed by atoms with Crippen molar-refractivity contribution in [1.29, 1.82) is 0 Å². The quantitative estimate of drug-likeness (QED) is 0.360. The molecule has 29 heavy (non-hydrogen) atoms. The average Bonchev–Trinajstić information content (AvgIpc) is 3.44. The molecule has 8 heteroatoms. The summed E-state index contributed by atoms with van der Waals surface area (Å²) in [4.78, 5) is 4.70. The van der Waals surface area contributed by atoms with E-state index in [-0.39, 0.29) is 0 Å². The van der Waals surface area contributed by atoms with Gasteiger partial charge in [0.25, 0.3) is 0 Å². The van der Waals surface area contributed by atoms with Gasteiger partial charge in [-0.3, -0.25) is 4.57 Å². The summed E-state index contributed by atoms with van der Waals surface area (Å²) < 4.78 is 13.1. The van der Waals surface area contributed by atoms with Crippen molar-refractivity contribution in [2.24, 2.45) is 0 Å². The van der Waals surface area contributed by atoms with E-state index >= 15 is 0 Å². The topological polar surface area (TPSA) is 66.0 Å². The molecule has 3 aromatic heterocycles. The average molecular weight is 427 g/mol. The largest absolute Gasteiger partial charge is 0.459 e. The lowest BCUT2D eigenvalue weighted by Crippen LogP contribution is -2.07. The highest BCUT2D eigenvalue weighted by Crippen LogP contribution is 2.30. The molecule has 0 spiro atoms. The van der Waals surface area contributed by atoms with Gasteiger partial charge in [-0.15, -0.1) is 21.5 Å². The number of benzene rings is 1. The van der Waals surface area contributed by atoms with Gasteiger partial charge in [-0.2, -0.15) is 0 Å². The van der Waals surface area contributed by atoms with Crippen molar-refractivity contribution >= 4 is 23.1 Å². The fourth-order valence-corrected chi connectivity index (χ4v) is 4.69. The Balaban J connectivity index is 1.53. The molecule has 3 heterocycles. The van der Waals surface area contributed by atoms with Crippen LogP contribution in [-0.2, 0) is 17.0 Å². The second-order valence-corrected chi connectivity index (χ2v) is 8.46. The van der Waals surface area contributed by atoms with Crippen LogP contribution in [0.4, 0.5) is 0 Å². The summed E-state index contributed by atoms with van der Waals surface area (Å²) >= 11 is 3.22. The van der Waals surface area contributed by atoms with E-state index in [1.54, 1.807) is 30.2 Å². The Morgan fingerprint density at radius 2 is 2.07 bits per heavy atom. The third-order valence-electron chi connectivity index (χ3n) is 4.36. The summed E-state index contributed by atoms with van der Waals surface area (Å²) in [6.07, 6.45) is 0. The third-order valence-corrected chi connectivity index (χ3v) is 6.27. The number of aromatic nitrogens is 4. The van der Waals surface area contributed by atoms with Crippen LogP contribution >= 0.6 is 23.1 Å². The summed E-state index contributed by atoms with van der Waals surface area (Å²) in [6.45, 7) is 5.31. The molecule has 4 aromatic rings. The van der Waals surface area contributed by atoms with Gasteiger partial charge in [0.2, 0.25) is 0 Å². The van der Waals surface area contributed by atoms with Crippen LogP contribution in [0.25, 0.3) is 22.2 Å². The second-order valence-electron chi connectivity index (χ2n) is 6.66. The minimum Gasteiger partial charge on any atom is -0.459 e. The zero-order valence-corrected chi connectivity index (χ0v) is 18.2. The van der Waals surface area contributed by atoms with Gasteiger partial charge in [0.15, 0.2) is 21.7 Å². The molecular weight excluding hydrogens is 404 g/mol. The molecule has 0 aliphatic heterocycles. The maximum Gasteiger partial charge on any atom is 0.191 e. The number of hydrogen-bond donors (Lipinski definition) is 0. The third kappa shape index (κ3) is 4.60. The number of nitrogens with zero attached hydrogens (tertiary/aromatic N) is 4. The number of thioether (sulfide) groups is 1. The number of hydrogen-bond acceptors (Lipinski definition) is 7. The first-order chi connectivity index (χ1) is 14.1. The van der Waals surface area contributed by atoms with Crippen LogP contribution in [0.15, 0.2) is 51.4 Å². The molecule has 0 aliphatic carbocycles. The van der Waals surface area contributed by atoms with Gasteiger partial charge in [0.1, 0.15) is 5.76 Å². The van der Waals surface area contributed by atoms with E-state index < -0.39 is 0 Å². The lowest BCUT2D eigenvalue weighted by Gasteiger charge is -2.09. The minimum atomic E-state index is 0.600. The Morgan fingerprint density at radius 3 is 2.83 bits per heavy atom. The molecule has 1 aromatic carbocycles. The van der Waals surface area contributed by atoms with Gasteiger partial charge >= 0.3 is 0 Å². The maximum atomic E-state index is 5.67. The van der Waals surface area contributed by atoms with Crippen molar-refractivity contribution < 1.29 is 9.15 Å². The number of aryl methyl sites for hydroxylation is 2. The van der Waals surface area contributed by atoms with Crippen molar-refractivity contribution in [2.45, 2.75) is 31.3 Å². The van der Waals surface area contributed by atoms with Crippen molar-refractivity contribution in [3.05, 3.63) is 58.8 Å². The van der Waals surface area contributed by atoms with E-state index in [0.29, 0.717) is 13.2 Å². The van der Waals surface area contributed by atoms with Crippen LogP contribution in [0.5, 0.6) is 0 Å². The molecule has 0 unspecified atom stereocenters. The first kappa shape index (κ1) is 19.9. The van der Waals surface area contributed by atoms with E-state index in [9.17, 15) is 0 Å². The molecule has 0 bridgehead atoms. The lowest BCUT2D eigenvalue weighted by atomic mass is 10.1. The van der Waals surface area contributed by atoms with Crippen LogP contribution in [-0.4, -0.2) is 33.5 Å². The molecule has 0 amide bonds. The molecule has 0 saturated heterocycles. The fourth-order valence-electron chi connectivity index (χ4n) is 2.95. The maximum absolute atomic E-state index is 5.67. The Labute approximate surface area is 178 Å². The SMILES string of the molecule is COCCn1c(SCc2csc(-c3ccc(C)o3)n2)nnc1-c1cccc(C)c1. The van der Waals surface area contributed by atoms with Gasteiger partial charge in [-0.1, -0.05) is 35.5 Å². The molecule has 150 valence electrons. The molecule has 0 aliphatic rings. The van der Waals surface area contributed by atoms with Crippen molar-refractivity contribution in [1.82, 2.24) is 19.7 Å². The van der Waals surface area contributed by atoms with E-state index in [2.05, 4.69) is 45.3 Å². The number of ether oxygens (including phenoxy) is 1. The van der Waals surface area contributed by atoms with Gasteiger partial charge in [0, 0.05) is 23.8 Å². The van der Waals surface area contributed by atoms with E-state index in [1.165, 1.54) is 5.56 Å². The summed E-state index contributed by atoms with van der Waals surface area (Å²) in [6, 6.07) is 12.2. The van der Waals surface area contributed by atoms with Gasteiger partial charge in [0.05, 0.1) is 18.8 Å². The summed E-state index contributed by atoms with van der Waals surface area (Å²) in [5.41, 5.74) is 3.26. The molecular formula is C21H22N4O2S2. The van der Waals surface area contributed by atoms with E-state index in [0.717, 1.165) is 44.5 Å². The highest BCUT2D eigenvalue weighted by atomic mass is 32.2. The predicted molar refractivity (Wildman–Crippen MR) is 116 cm³/mol. The molecule has 0 fully saturated rings. The summed E-state index contributed by atoms with van der Waals surface area (Å²) in [5.74, 6) is 3.28. The van der Waals surface area contributed by atoms with Gasteiger partial charge in [-0.25, -0.2) is 4.98 Å². The Kier molecular flexibility index (Phi) is 6.13. The first-order valence-corrected chi connectivity index (χ1v) is 11.1. The number of methoxy groups -OCH3 is 1. The van der Waals surface area contributed by atoms with Crippen LogP contribution < -0.4 is 0 Å². The number of rotatable bonds is 8. The normalized spacial score (nSPS) is 11.3. The monoisotopic (exact) mass is 426 g/mol. The summed E-state index contributed by atoms with van der Waals surface area (Å²) in [7, 11) is 1.71. The first-order valence-electron chi connectivity index (χ1n) is 9.27. The fraction of sp³-hybridized carbons (Fsp3) is 0.286. The van der Waals surface area contributed by atoms with E-state index in [4.69, 9.17) is 14.1 Å². The molecule has 6 nitrogen and oxygen atoms in total. The van der Waals surface area contributed by atoms with Crippen molar-refractivity contribution in [2.75, 3.05) is 13.7 Å². The van der Waals surface area contributed by atoms with Crippen LogP contribution in [0.1, 0.15) is 17.0 Å². The Bertz CT molecular complexity index is 1100. The lowest BCUT2D eigenvalue weighted by molar-refractivity contribution is 0.185. The molecule has 0 radical (unpaired) electrons. The van der Waals surface area contributed by atoms with Crippen LogP contribution in [0.2, 0.25) is 0 Å². The van der Waals surface area contributed by atoms with Crippen molar-refractivity contribution in [3.63, 3.8) is 0 Å². The van der Waals surface area contributed by atoms with Crippen molar-refractivity contribution in [3.8, 4) is 22.2 Å². The number of furan rings is 1. The van der Waals surface area contributed by atoms with Crippen LogP contribution in [0.3, 0.4) is 0 Å². The molecule has 0 atom stereocenters. The highest BCUT2D eigenvalue weighted by Gasteiger charge is 2.16. The summed E-state index contributed by atoms with van der Waals surface area (Å²) in [5, 5.41) is 12.7. The molecule has 4 rings (SSSR count). The minimum absolute atomic E-state index is 0.600. The zero-order chi connectivity index (χ0) is 20.2. The molecule has 0 N–H and O–H groups in total. The smallest absolute Gasteiger partial charge is 0.191 e. The standard InChI is InChI=1S/C21H22N4O2S2/c1-14-5-4-6-16(11-14)19-23-24-21(25(19)9-10-26-3)29-13-17-12-28-20(22-17)18-8-7-15(2)27-18/h4-8,11-12H,9-10,13H2,1-3H3. The highest BCUT2D eigenvalue weighted by molar-refractivity contribution is 7.98. The zero-order valence-electron chi connectivity index (χ0n) is 16.6. The Hall–Kier alpha value is -2.42. The van der Waals surface area contributed by atoms with E-state index in [1.807, 2.05) is 25.1 Å². The second kappa shape index (κ2) is 8.94. The van der Waals surface area contributed by atoms with Gasteiger partial charge in [-0.05, 0) is 32.0 Å². The molecule has 0 saturated carbocycles. The Morgan fingerprint density at radius 1 is 1.17 bits per heavy atom. The van der Waals surface area contributed by atoms with Crippen LogP contribution in [0, 0.1) is 13.8 Å². The number of thiazole rings is 1.